The van der Waals surface area contributed by atoms with Crippen LogP contribution in [0.4, 0.5) is 18.9 Å². The predicted molar refractivity (Wildman–Crippen MR) is 91.3 cm³/mol. The maximum Gasteiger partial charge on any atom is 0.405 e. The number of nitrogens with one attached hydrogen (secondary N) is 2. The molecule has 1 amide bonds. The first-order chi connectivity index (χ1) is 11.8. The number of halogens is 4. The minimum absolute atomic E-state index is 0. The van der Waals surface area contributed by atoms with E-state index in [4.69, 9.17) is 0 Å². The first-order valence-electron chi connectivity index (χ1n) is 7.79. The van der Waals surface area contributed by atoms with Crippen molar-refractivity contribution in [1.29, 1.82) is 0 Å². The molecule has 0 aliphatic carbocycles. The minimum atomic E-state index is -4.47. The summed E-state index contributed by atoms with van der Waals surface area (Å²) in [6.45, 7) is 0.810. The summed E-state index contributed by atoms with van der Waals surface area (Å²) in [6.07, 6.45) is -4.81. The Kier molecular flexibility index (Phi) is 8.25. The number of carbonyl (C=O) groups excluding carboxylic acids is 1. The van der Waals surface area contributed by atoms with Crippen molar-refractivity contribution in [2.24, 2.45) is 0 Å². The average molecular weight is 397 g/mol. The smallest absolute Gasteiger partial charge is 0.354 e. The number of nitro benzene ring substituents is 1. The number of rotatable bonds is 6. The van der Waals surface area contributed by atoms with E-state index in [0.29, 0.717) is 13.1 Å². The van der Waals surface area contributed by atoms with E-state index < -0.39 is 29.6 Å². The highest BCUT2D eigenvalue weighted by Crippen LogP contribution is 2.25. The number of amides is 1. The van der Waals surface area contributed by atoms with Crippen molar-refractivity contribution in [2.45, 2.75) is 18.6 Å². The van der Waals surface area contributed by atoms with Gasteiger partial charge >= 0.3 is 6.18 Å². The number of hydrogen-bond acceptors (Lipinski definition) is 5. The molecule has 1 aliphatic rings. The van der Waals surface area contributed by atoms with E-state index in [0.717, 1.165) is 0 Å². The number of hydrogen-bond donors (Lipinski definition) is 2. The van der Waals surface area contributed by atoms with Crippen LogP contribution >= 0.6 is 12.4 Å². The fourth-order valence-corrected chi connectivity index (χ4v) is 2.73. The molecule has 1 aromatic carbocycles. The fourth-order valence-electron chi connectivity index (χ4n) is 2.73. The van der Waals surface area contributed by atoms with E-state index in [-0.39, 0.29) is 43.2 Å². The lowest BCUT2D eigenvalue weighted by atomic mass is 10.1. The maximum atomic E-state index is 13.2. The van der Waals surface area contributed by atoms with E-state index >= 15 is 0 Å². The summed E-state index contributed by atoms with van der Waals surface area (Å²) in [4.78, 5) is 23.5. The number of benzene rings is 1. The summed E-state index contributed by atoms with van der Waals surface area (Å²) in [6, 6.07) is 3.89. The van der Waals surface area contributed by atoms with Gasteiger partial charge in [-0.2, -0.15) is 13.2 Å². The van der Waals surface area contributed by atoms with Crippen LogP contribution in [-0.4, -0.2) is 60.7 Å². The van der Waals surface area contributed by atoms with Crippen LogP contribution in [0.3, 0.4) is 0 Å². The molecule has 2 N–H and O–H groups in total. The third-order valence-electron chi connectivity index (χ3n) is 4.00. The highest BCUT2D eigenvalue weighted by Gasteiger charge is 2.43. The first kappa shape index (κ1) is 22.1. The van der Waals surface area contributed by atoms with Gasteiger partial charge in [-0.05, 0) is 0 Å². The molecule has 0 radical (unpaired) electrons. The normalized spacial score (nSPS) is 16.4. The molecule has 0 spiro atoms. The molecule has 1 aromatic rings. The Balaban J connectivity index is 0.00000338. The molecule has 1 aliphatic heterocycles. The number of nitrogens with zero attached hydrogens (tertiary/aromatic N) is 2. The van der Waals surface area contributed by atoms with Crippen molar-refractivity contribution in [1.82, 2.24) is 15.5 Å². The molecule has 0 saturated carbocycles. The lowest BCUT2D eigenvalue weighted by Crippen LogP contribution is -2.57. The molecule has 11 heteroatoms. The molecule has 7 nitrogen and oxygen atoms in total. The molecule has 146 valence electrons. The second-order valence-electron chi connectivity index (χ2n) is 5.71. The van der Waals surface area contributed by atoms with Gasteiger partial charge in [0.25, 0.3) is 5.69 Å². The van der Waals surface area contributed by atoms with Gasteiger partial charge in [0.05, 0.1) is 11.3 Å². The van der Waals surface area contributed by atoms with Crippen LogP contribution in [-0.2, 0) is 11.2 Å². The number of carbonyl (C=O) groups is 1. The average Bonchev–Trinajstić information content (AvgIpc) is 2.55. The Hall–Kier alpha value is -1.91. The third-order valence-corrected chi connectivity index (χ3v) is 4.00. The summed E-state index contributed by atoms with van der Waals surface area (Å²) in [5, 5.41) is 16.2. The van der Waals surface area contributed by atoms with E-state index in [1.165, 1.54) is 29.2 Å². The van der Waals surface area contributed by atoms with Gasteiger partial charge in [-0.15, -0.1) is 12.4 Å². The summed E-state index contributed by atoms with van der Waals surface area (Å²) in [7, 11) is 0. The standard InChI is InChI=1S/C15H19F3N4O3.ClH/c16-15(17,18)13(21-7-5-19-6-8-21)10-20-14(23)9-11-3-1-2-4-12(11)22(24)25;/h1-4,13,19H,5-10H2,(H,20,23);1H. The molecule has 1 unspecified atom stereocenters. The molecular weight excluding hydrogens is 377 g/mol. The Morgan fingerprint density at radius 2 is 1.92 bits per heavy atom. The Labute approximate surface area is 154 Å². The van der Waals surface area contributed by atoms with Crippen LogP contribution in [0.15, 0.2) is 24.3 Å². The molecule has 0 aromatic heterocycles. The van der Waals surface area contributed by atoms with E-state index in [1.807, 2.05) is 0 Å². The van der Waals surface area contributed by atoms with Gasteiger partial charge in [-0.25, -0.2) is 0 Å². The fraction of sp³-hybridized carbons (Fsp3) is 0.533. The maximum absolute atomic E-state index is 13.2. The number of piperazine rings is 1. The highest BCUT2D eigenvalue weighted by molar-refractivity contribution is 5.85. The van der Waals surface area contributed by atoms with Crippen LogP contribution in [0, 0.1) is 10.1 Å². The van der Waals surface area contributed by atoms with Crippen LogP contribution in [0.25, 0.3) is 0 Å². The van der Waals surface area contributed by atoms with Gasteiger partial charge in [-0.1, -0.05) is 18.2 Å². The Morgan fingerprint density at radius 1 is 1.31 bits per heavy atom. The third kappa shape index (κ3) is 6.11. The van der Waals surface area contributed by atoms with Crippen LogP contribution in [0.5, 0.6) is 0 Å². The van der Waals surface area contributed by atoms with Crippen molar-refractivity contribution in [3.8, 4) is 0 Å². The topological polar surface area (TPSA) is 87.5 Å². The molecule has 1 fully saturated rings. The molecular formula is C15H20ClF3N4O3. The monoisotopic (exact) mass is 396 g/mol. The quantitative estimate of drug-likeness (QED) is 0.562. The van der Waals surface area contributed by atoms with Gasteiger partial charge in [0.1, 0.15) is 6.04 Å². The van der Waals surface area contributed by atoms with Crippen molar-refractivity contribution in [3.63, 3.8) is 0 Å². The van der Waals surface area contributed by atoms with Crippen molar-refractivity contribution >= 4 is 24.0 Å². The van der Waals surface area contributed by atoms with E-state index in [2.05, 4.69) is 10.6 Å². The lowest BCUT2D eigenvalue weighted by molar-refractivity contribution is -0.385. The number of para-hydroxylation sites is 1. The highest BCUT2D eigenvalue weighted by atomic mass is 35.5. The first-order valence-corrected chi connectivity index (χ1v) is 7.79. The van der Waals surface area contributed by atoms with Gasteiger partial charge < -0.3 is 10.6 Å². The van der Waals surface area contributed by atoms with Crippen LogP contribution in [0.1, 0.15) is 5.56 Å². The molecule has 1 atom stereocenters. The van der Waals surface area contributed by atoms with Gasteiger partial charge in [-0.3, -0.25) is 19.8 Å². The van der Waals surface area contributed by atoms with Gasteiger partial charge in [0, 0.05) is 44.4 Å². The van der Waals surface area contributed by atoms with E-state index in [9.17, 15) is 28.1 Å². The summed E-state index contributed by atoms with van der Waals surface area (Å²) < 4.78 is 39.7. The zero-order chi connectivity index (χ0) is 18.4. The lowest BCUT2D eigenvalue weighted by Gasteiger charge is -2.35. The Bertz CT molecular complexity index is 624. The zero-order valence-corrected chi connectivity index (χ0v) is 14.6. The van der Waals surface area contributed by atoms with Crippen LogP contribution < -0.4 is 10.6 Å². The predicted octanol–water partition coefficient (Wildman–Crippen LogP) is 1.51. The molecule has 2 rings (SSSR count). The summed E-state index contributed by atoms with van der Waals surface area (Å²) in [5.41, 5.74) is -0.0668. The molecule has 0 bridgehead atoms. The SMILES string of the molecule is Cl.O=C(Cc1ccccc1[N+](=O)[O-])NCC(N1CCNCC1)C(F)(F)F. The van der Waals surface area contributed by atoms with Gasteiger partial charge in [0.15, 0.2) is 0 Å². The second kappa shape index (κ2) is 9.70. The van der Waals surface area contributed by atoms with Crippen molar-refractivity contribution in [3.05, 3.63) is 39.9 Å². The van der Waals surface area contributed by atoms with Crippen molar-refractivity contribution in [2.75, 3.05) is 32.7 Å². The summed E-state index contributed by atoms with van der Waals surface area (Å²) >= 11 is 0. The zero-order valence-electron chi connectivity index (χ0n) is 13.8. The molecule has 1 saturated heterocycles. The number of nitro groups is 1. The second-order valence-corrected chi connectivity index (χ2v) is 5.71. The van der Waals surface area contributed by atoms with Crippen LogP contribution in [0.2, 0.25) is 0 Å². The number of alkyl halides is 3. The van der Waals surface area contributed by atoms with Crippen molar-refractivity contribution < 1.29 is 22.9 Å². The van der Waals surface area contributed by atoms with E-state index in [1.54, 1.807) is 0 Å². The minimum Gasteiger partial charge on any atom is -0.354 e. The van der Waals surface area contributed by atoms with Gasteiger partial charge in [0.2, 0.25) is 5.91 Å². The molecule has 26 heavy (non-hydrogen) atoms. The Morgan fingerprint density at radius 3 is 2.50 bits per heavy atom. The molecule has 1 heterocycles. The largest absolute Gasteiger partial charge is 0.405 e. The summed E-state index contributed by atoms with van der Waals surface area (Å²) in [5.74, 6) is -0.682.